The van der Waals surface area contributed by atoms with E-state index in [2.05, 4.69) is 26.8 Å². The van der Waals surface area contributed by atoms with Gasteiger partial charge < -0.3 is 24.4 Å². The fraction of sp³-hybridized carbons (Fsp3) is 0.407. The minimum Gasteiger partial charge on any atom is -0.495 e. The molecule has 0 unspecified atom stereocenters. The van der Waals surface area contributed by atoms with E-state index in [0.29, 0.717) is 29.9 Å². The highest BCUT2D eigenvalue weighted by Crippen LogP contribution is 2.46. The van der Waals surface area contributed by atoms with Gasteiger partial charge in [0.1, 0.15) is 23.1 Å². The highest BCUT2D eigenvalue weighted by Gasteiger charge is 2.48. The van der Waals surface area contributed by atoms with Crippen molar-refractivity contribution in [1.82, 2.24) is 15.0 Å². The van der Waals surface area contributed by atoms with E-state index >= 15 is 0 Å². The summed E-state index contributed by atoms with van der Waals surface area (Å²) in [6.45, 7) is 3.75. The molecule has 2 aliphatic rings. The molecule has 0 spiro atoms. The molecule has 1 N–H and O–H groups in total. The molecule has 2 atom stereocenters. The maximum atomic E-state index is 13.4. The first-order valence-corrected chi connectivity index (χ1v) is 13.4. The second-order valence-electron chi connectivity index (χ2n) is 9.81. The van der Waals surface area contributed by atoms with Gasteiger partial charge in [-0.05, 0) is 12.1 Å². The Kier molecular flexibility index (Phi) is 8.18. The zero-order valence-corrected chi connectivity index (χ0v) is 23.6. The Labute approximate surface area is 243 Å². The van der Waals surface area contributed by atoms with Gasteiger partial charge in [-0.3, -0.25) is 4.79 Å². The summed E-state index contributed by atoms with van der Waals surface area (Å²) in [5.74, 6) is -0.370. The van der Waals surface area contributed by atoms with Crippen molar-refractivity contribution in [2.45, 2.75) is 18.6 Å². The quantitative estimate of drug-likeness (QED) is 0.311. The third-order valence-electron chi connectivity index (χ3n) is 7.23. The lowest BCUT2D eigenvalue weighted by Crippen LogP contribution is -2.53. The van der Waals surface area contributed by atoms with Crippen molar-refractivity contribution in [2.24, 2.45) is 11.8 Å². The van der Waals surface area contributed by atoms with E-state index in [4.69, 9.17) is 37.4 Å². The zero-order chi connectivity index (χ0) is 29.5. The Morgan fingerprint density at radius 2 is 1.85 bits per heavy atom. The van der Waals surface area contributed by atoms with E-state index in [-0.39, 0.29) is 76.0 Å². The number of anilines is 2. The van der Waals surface area contributed by atoms with E-state index in [0.717, 1.165) is 0 Å². The van der Waals surface area contributed by atoms with Crippen LogP contribution in [-0.2, 0) is 9.53 Å². The lowest BCUT2D eigenvalue weighted by molar-refractivity contribution is -0.180. The first-order valence-electron chi connectivity index (χ1n) is 12.6. The average Bonchev–Trinajstić information content (AvgIpc) is 3.33. The molecule has 2 aromatic heterocycles. The summed E-state index contributed by atoms with van der Waals surface area (Å²) >= 11 is 13.2. The number of allylic oxidation sites excluding steroid dienone is 1. The third kappa shape index (κ3) is 5.73. The molecule has 2 saturated heterocycles. The molecule has 5 rings (SSSR count). The molecule has 4 heterocycles. The van der Waals surface area contributed by atoms with Gasteiger partial charge in [-0.15, -0.1) is 0 Å². The highest BCUT2D eigenvalue weighted by atomic mass is 35.5. The molecule has 1 aromatic carbocycles. The molecule has 0 aliphatic carbocycles. The van der Waals surface area contributed by atoms with Crippen molar-refractivity contribution in [3.63, 3.8) is 0 Å². The van der Waals surface area contributed by atoms with Gasteiger partial charge >= 0.3 is 6.18 Å². The first-order chi connectivity index (χ1) is 19.5. The summed E-state index contributed by atoms with van der Waals surface area (Å²) < 4.78 is 56.4. The minimum atomic E-state index is -4.33. The Morgan fingerprint density at radius 1 is 1.17 bits per heavy atom. The zero-order valence-electron chi connectivity index (χ0n) is 22.1. The molecular formula is C27H26Cl2F3N5O4. The Morgan fingerprint density at radius 3 is 2.46 bits per heavy atom. The molecule has 14 heteroatoms. The first kappa shape index (κ1) is 29.2. The van der Waals surface area contributed by atoms with Gasteiger partial charge in [0.05, 0.1) is 66.7 Å². The van der Waals surface area contributed by atoms with Crippen LogP contribution in [0.4, 0.5) is 24.8 Å². The number of carbonyl (C=O) groups excluding carboxylic acids is 1. The fourth-order valence-electron chi connectivity index (χ4n) is 4.88. The van der Waals surface area contributed by atoms with Crippen molar-refractivity contribution >= 4 is 51.5 Å². The predicted octanol–water partition coefficient (Wildman–Crippen LogP) is 5.59. The number of alkyl halides is 3. The van der Waals surface area contributed by atoms with Gasteiger partial charge in [-0.2, -0.15) is 13.2 Å². The standard InChI is InChI=1S/C27H26Cl2F3N5O4/c1-4-15(38)5-13-11-41-12-18(13)34-21-6-16-17(8-33-21)35-25(36-26(16)37-9-14(10-37)27(30,31)32)22-23(28)19(39-2)7-20(40-3)24(22)29/h4,6-8,13-14,18H,1,5,9-12H2,2-3H3,(H,33,34)/t13-,18+/m0/s1. The van der Waals surface area contributed by atoms with Crippen LogP contribution in [0.2, 0.25) is 10.0 Å². The highest BCUT2D eigenvalue weighted by molar-refractivity contribution is 6.41. The van der Waals surface area contributed by atoms with Crippen molar-refractivity contribution in [3.8, 4) is 22.9 Å². The number of nitrogens with one attached hydrogen (secondary N) is 1. The van der Waals surface area contributed by atoms with E-state index in [1.165, 1.54) is 37.5 Å². The van der Waals surface area contributed by atoms with Crippen LogP contribution < -0.4 is 19.7 Å². The Bertz CT molecular complexity index is 1470. The normalized spacial score (nSPS) is 19.2. The van der Waals surface area contributed by atoms with Crippen LogP contribution in [-0.4, -0.2) is 73.5 Å². The van der Waals surface area contributed by atoms with E-state index in [9.17, 15) is 18.0 Å². The van der Waals surface area contributed by atoms with Crippen LogP contribution in [0.15, 0.2) is 31.0 Å². The van der Waals surface area contributed by atoms with Crippen molar-refractivity contribution in [1.29, 1.82) is 0 Å². The third-order valence-corrected chi connectivity index (χ3v) is 7.98. The molecule has 0 amide bonds. The number of fused-ring (bicyclic) bond motifs is 1. The second-order valence-corrected chi connectivity index (χ2v) is 10.6. The van der Waals surface area contributed by atoms with Crippen LogP contribution in [0.3, 0.4) is 0 Å². The molecule has 0 bridgehead atoms. The average molecular weight is 612 g/mol. The molecule has 41 heavy (non-hydrogen) atoms. The topological polar surface area (TPSA) is 98.7 Å². The van der Waals surface area contributed by atoms with Gasteiger partial charge in [0.2, 0.25) is 0 Å². The summed E-state index contributed by atoms with van der Waals surface area (Å²) in [5, 5.41) is 4.01. The number of aromatic nitrogens is 3. The molecule has 2 fully saturated rings. The van der Waals surface area contributed by atoms with Gasteiger partial charge in [-0.1, -0.05) is 29.8 Å². The van der Waals surface area contributed by atoms with Crippen molar-refractivity contribution in [2.75, 3.05) is 50.7 Å². The number of hydrogen-bond donors (Lipinski definition) is 1. The Hall–Kier alpha value is -3.35. The van der Waals surface area contributed by atoms with Gasteiger partial charge in [0.25, 0.3) is 0 Å². The van der Waals surface area contributed by atoms with E-state index in [1.54, 1.807) is 6.07 Å². The fourth-order valence-corrected chi connectivity index (χ4v) is 5.55. The van der Waals surface area contributed by atoms with E-state index < -0.39 is 12.1 Å². The minimum absolute atomic E-state index is 0.0739. The summed E-state index contributed by atoms with van der Waals surface area (Å²) in [6.07, 6.45) is -1.29. The molecule has 218 valence electrons. The molecule has 2 aliphatic heterocycles. The lowest BCUT2D eigenvalue weighted by Gasteiger charge is -2.41. The predicted molar refractivity (Wildman–Crippen MR) is 149 cm³/mol. The van der Waals surface area contributed by atoms with Crippen LogP contribution in [0.5, 0.6) is 11.5 Å². The number of nitrogens with zero attached hydrogens (tertiary/aromatic N) is 4. The largest absolute Gasteiger partial charge is 0.495 e. The number of ketones is 1. The molecular weight excluding hydrogens is 586 g/mol. The van der Waals surface area contributed by atoms with Gasteiger partial charge in [0.15, 0.2) is 11.6 Å². The second kappa shape index (κ2) is 11.5. The number of benzene rings is 1. The maximum absolute atomic E-state index is 13.4. The number of ether oxygens (including phenoxy) is 3. The van der Waals surface area contributed by atoms with E-state index in [1.807, 2.05) is 0 Å². The van der Waals surface area contributed by atoms with Crippen LogP contribution in [0.1, 0.15) is 6.42 Å². The molecule has 0 radical (unpaired) electrons. The number of hydrogen-bond acceptors (Lipinski definition) is 9. The summed E-state index contributed by atoms with van der Waals surface area (Å²) in [6, 6.07) is 2.99. The molecule has 0 saturated carbocycles. The lowest BCUT2D eigenvalue weighted by atomic mass is 9.97. The monoisotopic (exact) mass is 611 g/mol. The van der Waals surface area contributed by atoms with Crippen molar-refractivity contribution < 1.29 is 32.2 Å². The number of pyridine rings is 1. The number of carbonyl (C=O) groups is 1. The van der Waals surface area contributed by atoms with Crippen LogP contribution in [0.25, 0.3) is 22.3 Å². The van der Waals surface area contributed by atoms with Gasteiger partial charge in [-0.25, -0.2) is 15.0 Å². The molecule has 3 aromatic rings. The maximum Gasteiger partial charge on any atom is 0.395 e. The van der Waals surface area contributed by atoms with Gasteiger partial charge in [0, 0.05) is 36.9 Å². The van der Waals surface area contributed by atoms with Crippen LogP contribution >= 0.6 is 23.2 Å². The SMILES string of the molecule is C=CC(=O)C[C@H]1COC[C@H]1Nc1cc2c(N3CC(C(F)(F)F)C3)nc(-c3c(Cl)c(OC)cc(OC)c3Cl)nc2cn1. The number of halogens is 5. The van der Waals surface area contributed by atoms with Crippen molar-refractivity contribution in [3.05, 3.63) is 41.0 Å². The number of methoxy groups -OCH3 is 2. The summed E-state index contributed by atoms with van der Waals surface area (Å²) in [5.41, 5.74) is 0.571. The molecule has 9 nitrogen and oxygen atoms in total. The summed E-state index contributed by atoms with van der Waals surface area (Å²) in [7, 11) is 2.85. The number of rotatable bonds is 9. The van der Waals surface area contributed by atoms with Crippen LogP contribution in [0, 0.1) is 11.8 Å². The smallest absolute Gasteiger partial charge is 0.395 e. The Balaban J connectivity index is 1.58. The summed E-state index contributed by atoms with van der Waals surface area (Å²) in [4.78, 5) is 27.2.